The maximum atomic E-state index is 10.9. The van der Waals surface area contributed by atoms with Crippen LogP contribution in [0.25, 0.3) is 0 Å². The SMILES string of the molecule is Cc1nc(N(C)C)nc(N2CC[C@@H](c3ccc4c(c3)OCO4)[C@H](O)C2)c1C. The van der Waals surface area contributed by atoms with Crippen LogP contribution in [0.1, 0.15) is 29.2 Å². The van der Waals surface area contributed by atoms with Crippen molar-refractivity contribution < 1.29 is 14.6 Å². The average molecular weight is 370 g/mol. The van der Waals surface area contributed by atoms with Crippen LogP contribution in [-0.4, -0.2) is 55.2 Å². The third-order valence-electron chi connectivity index (χ3n) is 5.46. The Morgan fingerprint density at radius 3 is 2.67 bits per heavy atom. The second-order valence-electron chi connectivity index (χ2n) is 7.47. The molecular weight excluding hydrogens is 344 g/mol. The Labute approximate surface area is 159 Å². The number of aromatic nitrogens is 2. The lowest BCUT2D eigenvalue weighted by Gasteiger charge is -2.37. The molecule has 4 rings (SSSR count). The molecule has 27 heavy (non-hydrogen) atoms. The van der Waals surface area contributed by atoms with Gasteiger partial charge in [-0.05, 0) is 38.0 Å². The molecule has 0 radical (unpaired) electrons. The van der Waals surface area contributed by atoms with Gasteiger partial charge in [0.05, 0.1) is 6.10 Å². The molecule has 1 N–H and O–H groups in total. The molecular formula is C20H26N4O3. The highest BCUT2D eigenvalue weighted by Crippen LogP contribution is 2.38. The van der Waals surface area contributed by atoms with E-state index in [0.717, 1.165) is 47.1 Å². The first-order chi connectivity index (χ1) is 12.9. The molecule has 144 valence electrons. The number of β-amino-alcohol motifs (C(OH)–C–C–N with tert-alkyl or cyclic N) is 1. The third kappa shape index (κ3) is 3.27. The zero-order valence-electron chi connectivity index (χ0n) is 16.3. The molecule has 1 saturated heterocycles. The Morgan fingerprint density at radius 2 is 1.93 bits per heavy atom. The van der Waals surface area contributed by atoms with E-state index in [-0.39, 0.29) is 12.7 Å². The quantitative estimate of drug-likeness (QED) is 0.888. The molecule has 2 aliphatic heterocycles. The van der Waals surface area contributed by atoms with Crippen molar-refractivity contribution in [3.63, 3.8) is 0 Å². The summed E-state index contributed by atoms with van der Waals surface area (Å²) in [5.41, 5.74) is 3.13. The van der Waals surface area contributed by atoms with E-state index >= 15 is 0 Å². The van der Waals surface area contributed by atoms with Gasteiger partial charge in [0, 0.05) is 44.4 Å². The number of anilines is 2. The Bertz CT molecular complexity index is 855. The number of nitrogens with zero attached hydrogens (tertiary/aromatic N) is 4. The van der Waals surface area contributed by atoms with Gasteiger partial charge in [0.2, 0.25) is 12.7 Å². The first-order valence-corrected chi connectivity index (χ1v) is 9.29. The number of rotatable bonds is 3. The van der Waals surface area contributed by atoms with Crippen LogP contribution in [0.5, 0.6) is 11.5 Å². The second-order valence-corrected chi connectivity index (χ2v) is 7.47. The van der Waals surface area contributed by atoms with Crippen molar-refractivity contribution in [2.24, 2.45) is 0 Å². The number of aliphatic hydroxyl groups excluding tert-OH is 1. The Hall–Kier alpha value is -2.54. The molecule has 1 aromatic heterocycles. The molecule has 2 aromatic rings. The Balaban J connectivity index is 1.55. The van der Waals surface area contributed by atoms with Crippen LogP contribution in [0.4, 0.5) is 11.8 Å². The number of piperidine rings is 1. The van der Waals surface area contributed by atoms with Gasteiger partial charge in [-0.25, -0.2) is 4.98 Å². The van der Waals surface area contributed by atoms with E-state index in [2.05, 4.69) is 9.88 Å². The van der Waals surface area contributed by atoms with Gasteiger partial charge < -0.3 is 24.4 Å². The van der Waals surface area contributed by atoms with Crippen molar-refractivity contribution in [2.75, 3.05) is 43.8 Å². The monoisotopic (exact) mass is 370 g/mol. The number of aliphatic hydroxyl groups is 1. The number of aryl methyl sites for hydroxylation is 1. The highest BCUT2D eigenvalue weighted by Gasteiger charge is 2.31. The smallest absolute Gasteiger partial charge is 0.231 e. The number of fused-ring (bicyclic) bond motifs is 1. The van der Waals surface area contributed by atoms with E-state index in [1.165, 1.54) is 0 Å². The molecule has 7 heteroatoms. The fraction of sp³-hybridized carbons (Fsp3) is 0.500. The maximum absolute atomic E-state index is 10.9. The molecule has 3 heterocycles. The third-order valence-corrected chi connectivity index (χ3v) is 5.46. The Morgan fingerprint density at radius 1 is 1.15 bits per heavy atom. The summed E-state index contributed by atoms with van der Waals surface area (Å²) in [5, 5.41) is 10.9. The van der Waals surface area contributed by atoms with Gasteiger partial charge in [-0.1, -0.05) is 6.07 Å². The van der Waals surface area contributed by atoms with Crippen LogP contribution < -0.4 is 19.3 Å². The molecule has 2 aliphatic rings. The lowest BCUT2D eigenvalue weighted by atomic mass is 9.86. The molecule has 1 aromatic carbocycles. The summed E-state index contributed by atoms with van der Waals surface area (Å²) in [7, 11) is 3.88. The van der Waals surface area contributed by atoms with E-state index in [4.69, 9.17) is 14.5 Å². The van der Waals surface area contributed by atoms with Crippen LogP contribution in [0.15, 0.2) is 18.2 Å². The normalized spacial score (nSPS) is 21.4. The predicted octanol–water partition coefficient (Wildman–Crippen LogP) is 2.24. The second kappa shape index (κ2) is 6.88. The van der Waals surface area contributed by atoms with E-state index in [9.17, 15) is 5.11 Å². The van der Waals surface area contributed by atoms with Gasteiger partial charge in [-0.3, -0.25) is 0 Å². The molecule has 1 fully saturated rings. The van der Waals surface area contributed by atoms with E-state index in [0.29, 0.717) is 12.5 Å². The molecule has 0 bridgehead atoms. The van der Waals surface area contributed by atoms with Gasteiger partial charge in [-0.2, -0.15) is 4.98 Å². The van der Waals surface area contributed by atoms with Crippen LogP contribution in [0, 0.1) is 13.8 Å². The first kappa shape index (κ1) is 17.9. The molecule has 0 unspecified atom stereocenters. The van der Waals surface area contributed by atoms with Gasteiger partial charge in [-0.15, -0.1) is 0 Å². The number of hydrogen-bond donors (Lipinski definition) is 1. The fourth-order valence-corrected chi connectivity index (χ4v) is 3.76. The molecule has 0 saturated carbocycles. The molecule has 2 atom stereocenters. The number of benzene rings is 1. The average Bonchev–Trinajstić information content (AvgIpc) is 3.11. The summed E-state index contributed by atoms with van der Waals surface area (Å²) in [6.07, 6.45) is 0.372. The largest absolute Gasteiger partial charge is 0.454 e. The number of hydrogen-bond acceptors (Lipinski definition) is 7. The minimum absolute atomic E-state index is 0.0762. The molecule has 7 nitrogen and oxygen atoms in total. The zero-order valence-corrected chi connectivity index (χ0v) is 16.3. The highest BCUT2D eigenvalue weighted by molar-refractivity contribution is 5.53. The predicted molar refractivity (Wildman–Crippen MR) is 104 cm³/mol. The van der Waals surface area contributed by atoms with Crippen LogP contribution in [0.2, 0.25) is 0 Å². The fourth-order valence-electron chi connectivity index (χ4n) is 3.76. The van der Waals surface area contributed by atoms with Crippen LogP contribution in [0.3, 0.4) is 0 Å². The van der Waals surface area contributed by atoms with Crippen LogP contribution >= 0.6 is 0 Å². The summed E-state index contributed by atoms with van der Waals surface area (Å²) in [4.78, 5) is 13.4. The lowest BCUT2D eigenvalue weighted by Crippen LogP contribution is -2.43. The topological polar surface area (TPSA) is 71.0 Å². The highest BCUT2D eigenvalue weighted by atomic mass is 16.7. The van der Waals surface area contributed by atoms with Crippen molar-refractivity contribution in [3.05, 3.63) is 35.0 Å². The van der Waals surface area contributed by atoms with Crippen molar-refractivity contribution in [2.45, 2.75) is 32.3 Å². The van der Waals surface area contributed by atoms with Crippen molar-refractivity contribution in [1.82, 2.24) is 9.97 Å². The summed E-state index contributed by atoms with van der Waals surface area (Å²) >= 11 is 0. The summed E-state index contributed by atoms with van der Waals surface area (Å²) in [6, 6.07) is 5.95. The maximum Gasteiger partial charge on any atom is 0.231 e. The standard InChI is InChI=1S/C20H26N4O3/c1-12-13(2)21-20(23(3)4)22-19(12)24-8-7-15(16(25)10-24)14-5-6-17-18(9-14)27-11-26-17/h5-6,9,15-16,25H,7-8,10-11H2,1-4H3/t15-,16+/m0/s1. The molecule has 0 aliphatic carbocycles. The van der Waals surface area contributed by atoms with E-state index in [1.807, 2.05) is 51.0 Å². The van der Waals surface area contributed by atoms with Crippen molar-refractivity contribution >= 4 is 11.8 Å². The summed E-state index contributed by atoms with van der Waals surface area (Å²) in [5.74, 6) is 3.22. The zero-order chi connectivity index (χ0) is 19.1. The lowest BCUT2D eigenvalue weighted by molar-refractivity contribution is 0.129. The molecule has 0 spiro atoms. The first-order valence-electron chi connectivity index (χ1n) is 9.29. The summed E-state index contributed by atoms with van der Waals surface area (Å²) < 4.78 is 10.9. The van der Waals surface area contributed by atoms with Crippen molar-refractivity contribution in [3.8, 4) is 11.5 Å². The number of ether oxygens (including phenoxy) is 2. The van der Waals surface area contributed by atoms with E-state index in [1.54, 1.807) is 0 Å². The molecule has 0 amide bonds. The Kier molecular flexibility index (Phi) is 4.55. The minimum Gasteiger partial charge on any atom is -0.454 e. The van der Waals surface area contributed by atoms with Crippen LogP contribution in [-0.2, 0) is 0 Å². The van der Waals surface area contributed by atoms with Gasteiger partial charge in [0.25, 0.3) is 0 Å². The van der Waals surface area contributed by atoms with E-state index < -0.39 is 6.10 Å². The van der Waals surface area contributed by atoms with Gasteiger partial charge in [0.1, 0.15) is 5.82 Å². The van der Waals surface area contributed by atoms with Gasteiger partial charge >= 0.3 is 0 Å². The van der Waals surface area contributed by atoms with Crippen molar-refractivity contribution in [1.29, 1.82) is 0 Å². The minimum atomic E-state index is -0.475. The summed E-state index contributed by atoms with van der Waals surface area (Å²) in [6.45, 7) is 5.69. The van der Waals surface area contributed by atoms with Gasteiger partial charge in [0.15, 0.2) is 11.5 Å².